The van der Waals surface area contributed by atoms with Crippen LogP contribution in [0.2, 0.25) is 0 Å². The van der Waals surface area contributed by atoms with Crippen molar-refractivity contribution < 1.29 is 8.85 Å². The number of nitrogens with zero attached hydrogens (tertiary/aromatic N) is 1. The lowest BCUT2D eigenvalue weighted by Crippen LogP contribution is -1.97. The lowest BCUT2D eigenvalue weighted by molar-refractivity contribution is 0.407. The Morgan fingerprint density at radius 2 is 2.50 bits per heavy atom. The first kappa shape index (κ1) is 5.81. The predicted molar refractivity (Wildman–Crippen MR) is 49.8 cm³/mol. The average Bonchev–Trinajstić information content (AvgIpc) is 2.15. The summed E-state index contributed by atoms with van der Waals surface area (Å²) in [5.74, 6) is 0.587. The molecule has 0 unspecified atom stereocenters. The minimum absolute atomic E-state index is 0.122. The van der Waals surface area contributed by atoms with E-state index in [1.807, 2.05) is 0 Å². The molecule has 0 saturated heterocycles. The van der Waals surface area contributed by atoms with E-state index < -0.39 is 6.85 Å². The SMILES string of the molecule is [2H]C([2H])([2H])c1cnc(CCl)c(C)c1OC. The van der Waals surface area contributed by atoms with Crippen molar-refractivity contribution in [2.75, 3.05) is 7.11 Å². The van der Waals surface area contributed by atoms with Crippen LogP contribution < -0.4 is 4.74 Å². The Kier molecular flexibility index (Phi) is 1.82. The van der Waals surface area contributed by atoms with E-state index in [9.17, 15) is 0 Å². The summed E-state index contributed by atoms with van der Waals surface area (Å²) >= 11 is 5.67. The van der Waals surface area contributed by atoms with Gasteiger partial charge in [0.25, 0.3) is 0 Å². The van der Waals surface area contributed by atoms with Crippen LogP contribution in [0.25, 0.3) is 0 Å². The van der Waals surface area contributed by atoms with E-state index in [4.69, 9.17) is 20.5 Å². The molecule has 0 bridgehead atoms. The molecule has 3 heteroatoms. The highest BCUT2D eigenvalue weighted by Crippen LogP contribution is 2.24. The quantitative estimate of drug-likeness (QED) is 0.666. The zero-order chi connectivity index (χ0) is 11.6. The first-order valence-electron chi connectivity index (χ1n) is 5.00. The van der Waals surface area contributed by atoms with Gasteiger partial charge >= 0.3 is 0 Å². The maximum Gasteiger partial charge on any atom is 0.128 e. The summed E-state index contributed by atoms with van der Waals surface area (Å²) in [6.45, 7) is -0.466. The van der Waals surface area contributed by atoms with E-state index in [1.165, 1.54) is 13.3 Å². The predicted octanol–water partition coefficient (Wildman–Crippen LogP) is 2.45. The Hall–Kier alpha value is -0.760. The highest BCUT2D eigenvalue weighted by Gasteiger charge is 2.07. The molecule has 0 amide bonds. The molecule has 0 aliphatic rings. The molecule has 1 rings (SSSR count). The van der Waals surface area contributed by atoms with Crippen LogP contribution in [-0.2, 0) is 5.88 Å². The van der Waals surface area contributed by atoms with Gasteiger partial charge < -0.3 is 4.74 Å². The second-order valence-corrected chi connectivity index (χ2v) is 2.68. The van der Waals surface area contributed by atoms with E-state index in [0.717, 1.165) is 0 Å². The van der Waals surface area contributed by atoms with Crippen LogP contribution >= 0.6 is 11.6 Å². The number of halogens is 1. The molecule has 0 aliphatic heterocycles. The van der Waals surface area contributed by atoms with Crippen molar-refractivity contribution in [1.82, 2.24) is 4.98 Å². The summed E-state index contributed by atoms with van der Waals surface area (Å²) in [6, 6.07) is 0. The number of alkyl halides is 1. The van der Waals surface area contributed by atoms with Gasteiger partial charge in [-0.05, 0) is 13.8 Å². The molecule has 0 radical (unpaired) electrons. The maximum atomic E-state index is 7.32. The van der Waals surface area contributed by atoms with Crippen molar-refractivity contribution in [3.63, 3.8) is 0 Å². The average molecular weight is 189 g/mol. The standard InChI is InChI=1S/C9H12ClNO/c1-6-5-11-8(4-10)7(2)9(6)12-3/h5H,4H2,1-3H3/i1D3. The molecule has 66 valence electrons. The van der Waals surface area contributed by atoms with E-state index in [1.54, 1.807) is 6.92 Å². The number of aryl methyl sites for hydroxylation is 1. The Morgan fingerprint density at radius 1 is 1.75 bits per heavy atom. The first-order chi connectivity index (χ1) is 6.91. The number of ether oxygens (including phenoxy) is 1. The Labute approximate surface area is 81.7 Å². The molecule has 0 aromatic carbocycles. The molecule has 0 atom stereocenters. The fraction of sp³-hybridized carbons (Fsp3) is 0.444. The molecule has 2 nitrogen and oxygen atoms in total. The van der Waals surface area contributed by atoms with Crippen LogP contribution in [0.5, 0.6) is 5.75 Å². The van der Waals surface area contributed by atoms with Crippen molar-refractivity contribution in [3.8, 4) is 5.75 Å². The van der Waals surface area contributed by atoms with Crippen LogP contribution in [0.4, 0.5) is 0 Å². The highest BCUT2D eigenvalue weighted by molar-refractivity contribution is 6.17. The van der Waals surface area contributed by atoms with Gasteiger partial charge in [-0.1, -0.05) is 0 Å². The van der Waals surface area contributed by atoms with Gasteiger partial charge in [0.1, 0.15) is 5.75 Å². The van der Waals surface area contributed by atoms with Crippen LogP contribution in [0.3, 0.4) is 0 Å². The summed E-state index contributed by atoms with van der Waals surface area (Å²) in [4.78, 5) is 4.00. The molecule has 0 N–H and O–H groups in total. The summed E-state index contributed by atoms with van der Waals surface area (Å²) in [7, 11) is 1.44. The number of methoxy groups -OCH3 is 1. The molecule has 0 aliphatic carbocycles. The maximum absolute atomic E-state index is 7.32. The van der Waals surface area contributed by atoms with Crippen LogP contribution in [-0.4, -0.2) is 12.1 Å². The van der Waals surface area contributed by atoms with Gasteiger partial charge in [-0.15, -0.1) is 11.6 Å². The fourth-order valence-corrected chi connectivity index (χ4v) is 1.30. The van der Waals surface area contributed by atoms with E-state index >= 15 is 0 Å². The zero-order valence-electron chi connectivity index (χ0n) is 10.0. The van der Waals surface area contributed by atoms with Crippen molar-refractivity contribution >= 4 is 11.6 Å². The highest BCUT2D eigenvalue weighted by atomic mass is 35.5. The Bertz CT molecular complexity index is 365. The molecule has 1 aromatic rings. The molecule has 1 aromatic heterocycles. The second-order valence-electron chi connectivity index (χ2n) is 2.41. The van der Waals surface area contributed by atoms with Gasteiger partial charge in [0, 0.05) is 21.4 Å². The van der Waals surface area contributed by atoms with Crippen LogP contribution in [0, 0.1) is 13.8 Å². The van der Waals surface area contributed by atoms with E-state index in [-0.39, 0.29) is 11.4 Å². The van der Waals surface area contributed by atoms with Gasteiger partial charge in [0.05, 0.1) is 18.7 Å². The van der Waals surface area contributed by atoms with Crippen molar-refractivity contribution in [3.05, 3.63) is 23.0 Å². The van der Waals surface area contributed by atoms with Gasteiger partial charge in [0.2, 0.25) is 0 Å². The third-order valence-electron chi connectivity index (χ3n) is 1.70. The lowest BCUT2D eigenvalue weighted by Gasteiger charge is -2.09. The zero-order valence-corrected chi connectivity index (χ0v) is 7.77. The van der Waals surface area contributed by atoms with Crippen LogP contribution in [0.1, 0.15) is 20.9 Å². The minimum atomic E-state index is -2.21. The molecule has 1 heterocycles. The molecule has 0 saturated carbocycles. The van der Waals surface area contributed by atoms with Crippen molar-refractivity contribution in [2.24, 2.45) is 0 Å². The molecular weight excluding hydrogens is 174 g/mol. The van der Waals surface area contributed by atoms with Gasteiger partial charge in [0.15, 0.2) is 0 Å². The van der Waals surface area contributed by atoms with Crippen molar-refractivity contribution in [2.45, 2.75) is 19.7 Å². The van der Waals surface area contributed by atoms with Gasteiger partial charge in [-0.2, -0.15) is 0 Å². The molecular formula is C9H12ClNO. The monoisotopic (exact) mass is 188 g/mol. The van der Waals surface area contributed by atoms with Crippen LogP contribution in [0.15, 0.2) is 6.20 Å². The topological polar surface area (TPSA) is 22.1 Å². The summed E-state index contributed by atoms with van der Waals surface area (Å²) in [5.41, 5.74) is 1.44. The normalized spacial score (nSPS) is 14.8. The number of aromatic nitrogens is 1. The van der Waals surface area contributed by atoms with Gasteiger partial charge in [-0.3, -0.25) is 4.98 Å². The third kappa shape index (κ3) is 1.53. The smallest absolute Gasteiger partial charge is 0.128 e. The van der Waals surface area contributed by atoms with E-state index in [2.05, 4.69) is 4.98 Å². The van der Waals surface area contributed by atoms with E-state index in [0.29, 0.717) is 17.0 Å². The Morgan fingerprint density at radius 3 is 3.00 bits per heavy atom. The molecule has 12 heavy (non-hydrogen) atoms. The Balaban J connectivity index is 3.38. The second kappa shape index (κ2) is 3.76. The third-order valence-corrected chi connectivity index (χ3v) is 1.95. The van der Waals surface area contributed by atoms with Gasteiger partial charge in [-0.25, -0.2) is 0 Å². The fourth-order valence-electron chi connectivity index (χ4n) is 1.03. The number of hydrogen-bond donors (Lipinski definition) is 0. The number of hydrogen-bond acceptors (Lipinski definition) is 2. The first-order valence-corrected chi connectivity index (χ1v) is 4.04. The number of pyridine rings is 1. The summed E-state index contributed by atoms with van der Waals surface area (Å²) in [6.07, 6.45) is 1.30. The minimum Gasteiger partial charge on any atom is -0.496 e. The summed E-state index contributed by atoms with van der Waals surface area (Å²) in [5, 5.41) is 0. The largest absolute Gasteiger partial charge is 0.496 e. The molecule has 0 fully saturated rings. The summed E-state index contributed by atoms with van der Waals surface area (Å²) < 4.78 is 27.1. The van der Waals surface area contributed by atoms with Crippen molar-refractivity contribution in [1.29, 1.82) is 0 Å². The molecule has 0 spiro atoms. The lowest BCUT2D eigenvalue weighted by atomic mass is 10.1. The number of rotatable bonds is 2.